The van der Waals surface area contributed by atoms with Gasteiger partial charge in [0.05, 0.1) is 5.69 Å². The van der Waals surface area contributed by atoms with Crippen molar-refractivity contribution in [2.24, 2.45) is 0 Å². The number of oxazole rings is 1. The van der Waals surface area contributed by atoms with E-state index in [1.54, 1.807) is 7.05 Å². The summed E-state index contributed by atoms with van der Waals surface area (Å²) >= 11 is 0. The molecular weight excluding hydrogens is 188 g/mol. The van der Waals surface area contributed by atoms with E-state index in [0.717, 1.165) is 17.0 Å². The minimum atomic E-state index is 0.558. The van der Waals surface area contributed by atoms with Gasteiger partial charge in [-0.2, -0.15) is 4.98 Å². The highest BCUT2D eigenvalue weighted by Gasteiger charge is 2.09. The molecule has 2 rings (SSSR count). The molecule has 1 aromatic heterocycles. The molecule has 0 bridgehead atoms. The van der Waals surface area contributed by atoms with Crippen LogP contribution in [0.4, 0.5) is 6.01 Å². The van der Waals surface area contributed by atoms with Crippen LogP contribution < -0.4 is 5.32 Å². The molecule has 1 heterocycles. The van der Waals surface area contributed by atoms with Crippen LogP contribution >= 0.6 is 0 Å². The van der Waals surface area contributed by atoms with Gasteiger partial charge in [0.25, 0.3) is 6.01 Å². The lowest BCUT2D eigenvalue weighted by Gasteiger charge is -1.98. The second-order valence-electron chi connectivity index (χ2n) is 3.55. The van der Waals surface area contributed by atoms with E-state index in [2.05, 4.69) is 29.4 Å². The van der Waals surface area contributed by atoms with Gasteiger partial charge < -0.3 is 9.73 Å². The summed E-state index contributed by atoms with van der Waals surface area (Å²) in [6, 6.07) is 8.78. The Bertz CT molecular complexity index is 457. The number of hydrogen-bond acceptors (Lipinski definition) is 3. The van der Waals surface area contributed by atoms with Gasteiger partial charge in [-0.3, -0.25) is 0 Å². The Morgan fingerprint density at radius 3 is 2.33 bits per heavy atom. The van der Waals surface area contributed by atoms with E-state index in [1.165, 1.54) is 5.56 Å². The summed E-state index contributed by atoms with van der Waals surface area (Å²) in [5.74, 6) is 0.833. The molecule has 0 atom stereocenters. The number of rotatable bonds is 2. The fraction of sp³-hybridized carbons (Fsp3) is 0.250. The maximum atomic E-state index is 5.57. The van der Waals surface area contributed by atoms with Crippen molar-refractivity contribution in [3.05, 3.63) is 35.5 Å². The van der Waals surface area contributed by atoms with Crippen LogP contribution in [0.15, 0.2) is 28.7 Å². The molecular formula is C12H14N2O. The molecule has 0 radical (unpaired) electrons. The number of aromatic nitrogens is 1. The van der Waals surface area contributed by atoms with Gasteiger partial charge in [-0.25, -0.2) is 0 Å². The third kappa shape index (κ3) is 1.86. The van der Waals surface area contributed by atoms with Gasteiger partial charge in [-0.05, 0) is 13.8 Å². The van der Waals surface area contributed by atoms with E-state index in [1.807, 2.05) is 19.1 Å². The highest BCUT2D eigenvalue weighted by Crippen LogP contribution is 2.26. The van der Waals surface area contributed by atoms with Crippen LogP contribution in [0.3, 0.4) is 0 Å². The van der Waals surface area contributed by atoms with Gasteiger partial charge in [0.15, 0.2) is 5.76 Å². The van der Waals surface area contributed by atoms with Crippen LogP contribution in [0.1, 0.15) is 11.3 Å². The predicted molar refractivity (Wildman–Crippen MR) is 61.0 cm³/mol. The van der Waals surface area contributed by atoms with Crippen molar-refractivity contribution < 1.29 is 4.42 Å². The van der Waals surface area contributed by atoms with Gasteiger partial charge in [0.1, 0.15) is 0 Å². The Morgan fingerprint density at radius 2 is 1.80 bits per heavy atom. The Labute approximate surface area is 89.1 Å². The van der Waals surface area contributed by atoms with Crippen LogP contribution in [0.2, 0.25) is 0 Å². The lowest BCUT2D eigenvalue weighted by Crippen LogP contribution is -1.85. The largest absolute Gasteiger partial charge is 0.423 e. The fourth-order valence-electron chi connectivity index (χ4n) is 1.48. The normalized spacial score (nSPS) is 10.3. The van der Waals surface area contributed by atoms with Crippen LogP contribution in [0, 0.1) is 13.8 Å². The molecule has 78 valence electrons. The molecule has 0 amide bonds. The molecule has 0 aliphatic heterocycles. The molecule has 0 aliphatic carbocycles. The second kappa shape index (κ2) is 3.77. The van der Waals surface area contributed by atoms with Crippen LogP contribution in [-0.2, 0) is 0 Å². The van der Waals surface area contributed by atoms with Crippen molar-refractivity contribution in [1.29, 1.82) is 0 Å². The molecule has 0 saturated carbocycles. The molecule has 0 aliphatic rings. The summed E-state index contributed by atoms with van der Waals surface area (Å²) in [6.45, 7) is 4.01. The minimum absolute atomic E-state index is 0.558. The van der Waals surface area contributed by atoms with Crippen LogP contribution in [0.5, 0.6) is 0 Å². The predicted octanol–water partition coefficient (Wildman–Crippen LogP) is 3.00. The van der Waals surface area contributed by atoms with Gasteiger partial charge in [0, 0.05) is 12.6 Å². The number of nitrogens with zero attached hydrogens (tertiary/aromatic N) is 1. The topological polar surface area (TPSA) is 38.1 Å². The summed E-state index contributed by atoms with van der Waals surface area (Å²) in [7, 11) is 1.80. The number of hydrogen-bond donors (Lipinski definition) is 1. The molecule has 1 N–H and O–H groups in total. The number of nitrogens with one attached hydrogen (secondary N) is 1. The molecule has 0 spiro atoms. The zero-order valence-corrected chi connectivity index (χ0v) is 9.16. The summed E-state index contributed by atoms with van der Waals surface area (Å²) in [4.78, 5) is 4.25. The summed E-state index contributed by atoms with van der Waals surface area (Å²) in [5.41, 5.74) is 3.21. The Hall–Kier alpha value is -1.77. The van der Waals surface area contributed by atoms with E-state index in [0.29, 0.717) is 6.01 Å². The van der Waals surface area contributed by atoms with Gasteiger partial charge >= 0.3 is 0 Å². The number of aryl methyl sites for hydroxylation is 2. The molecule has 0 saturated heterocycles. The zero-order chi connectivity index (χ0) is 10.8. The first-order valence-electron chi connectivity index (χ1n) is 4.93. The van der Waals surface area contributed by atoms with E-state index >= 15 is 0 Å². The van der Waals surface area contributed by atoms with Gasteiger partial charge in [-0.1, -0.05) is 29.8 Å². The Balaban J connectivity index is 2.44. The van der Waals surface area contributed by atoms with E-state index in [-0.39, 0.29) is 0 Å². The summed E-state index contributed by atoms with van der Waals surface area (Å²) < 4.78 is 5.57. The van der Waals surface area contributed by atoms with Crippen molar-refractivity contribution in [1.82, 2.24) is 4.98 Å². The van der Waals surface area contributed by atoms with Crippen LogP contribution in [-0.4, -0.2) is 12.0 Å². The van der Waals surface area contributed by atoms with Crippen molar-refractivity contribution in [2.45, 2.75) is 13.8 Å². The number of benzene rings is 1. The average molecular weight is 202 g/mol. The van der Waals surface area contributed by atoms with Crippen LogP contribution in [0.25, 0.3) is 11.3 Å². The quantitative estimate of drug-likeness (QED) is 0.813. The fourth-order valence-corrected chi connectivity index (χ4v) is 1.48. The molecule has 2 aromatic rings. The maximum Gasteiger partial charge on any atom is 0.295 e. The highest BCUT2D eigenvalue weighted by atomic mass is 16.4. The zero-order valence-electron chi connectivity index (χ0n) is 9.16. The Morgan fingerprint density at radius 1 is 1.13 bits per heavy atom. The first kappa shape index (κ1) is 9.77. The monoisotopic (exact) mass is 202 g/mol. The minimum Gasteiger partial charge on any atom is -0.423 e. The first-order chi connectivity index (χ1) is 7.20. The molecule has 15 heavy (non-hydrogen) atoms. The second-order valence-corrected chi connectivity index (χ2v) is 3.55. The highest BCUT2D eigenvalue weighted by molar-refractivity contribution is 5.61. The van der Waals surface area contributed by atoms with E-state index in [9.17, 15) is 0 Å². The molecule has 0 unspecified atom stereocenters. The molecule has 3 nitrogen and oxygen atoms in total. The van der Waals surface area contributed by atoms with Gasteiger partial charge in [-0.15, -0.1) is 0 Å². The van der Waals surface area contributed by atoms with Crippen molar-refractivity contribution in [3.63, 3.8) is 0 Å². The smallest absolute Gasteiger partial charge is 0.295 e. The molecule has 1 aromatic carbocycles. The number of anilines is 1. The third-order valence-corrected chi connectivity index (χ3v) is 2.32. The van der Waals surface area contributed by atoms with Gasteiger partial charge in [0.2, 0.25) is 0 Å². The van der Waals surface area contributed by atoms with E-state index < -0.39 is 0 Å². The maximum absolute atomic E-state index is 5.57. The first-order valence-corrected chi connectivity index (χ1v) is 4.93. The third-order valence-electron chi connectivity index (χ3n) is 2.32. The molecule has 3 heteroatoms. The molecule has 0 fully saturated rings. The summed E-state index contributed by atoms with van der Waals surface area (Å²) in [5, 5.41) is 2.89. The van der Waals surface area contributed by atoms with E-state index in [4.69, 9.17) is 4.42 Å². The standard InChI is InChI=1S/C12H14N2O/c1-8-4-6-10(7-5-8)11-9(2)14-12(13-3)15-11/h4-7H,1-3H3,(H,13,14). The SMILES string of the molecule is CNc1nc(C)c(-c2ccc(C)cc2)o1. The average Bonchev–Trinajstić information content (AvgIpc) is 2.61. The van der Waals surface area contributed by atoms with Crippen molar-refractivity contribution in [2.75, 3.05) is 12.4 Å². The lowest BCUT2D eigenvalue weighted by atomic mass is 10.1. The van der Waals surface area contributed by atoms with Crippen molar-refractivity contribution >= 4 is 6.01 Å². The Kier molecular flexibility index (Phi) is 2.46. The lowest BCUT2D eigenvalue weighted by molar-refractivity contribution is 0.589. The summed E-state index contributed by atoms with van der Waals surface area (Å²) in [6.07, 6.45) is 0. The van der Waals surface area contributed by atoms with Crippen molar-refractivity contribution in [3.8, 4) is 11.3 Å².